The summed E-state index contributed by atoms with van der Waals surface area (Å²) in [5, 5.41) is 6.82. The molecule has 0 bridgehead atoms. The molecule has 2 aliphatic heterocycles. The van der Waals surface area contributed by atoms with Crippen molar-refractivity contribution in [3.8, 4) is 0 Å². The van der Waals surface area contributed by atoms with Crippen molar-refractivity contribution in [2.45, 2.75) is 31.6 Å². The smallest absolute Gasteiger partial charge is 0.290 e. The molecule has 0 unspecified atom stereocenters. The van der Waals surface area contributed by atoms with Gasteiger partial charge in [-0.1, -0.05) is 0 Å². The number of carbonyl (C=O) groups is 1. The largest absolute Gasteiger partial charge is 0.338 e. The van der Waals surface area contributed by atoms with Gasteiger partial charge in [0.25, 0.3) is 17.4 Å². The molecule has 2 aliphatic rings. The first kappa shape index (κ1) is 19.5. The molecule has 1 saturated heterocycles. The van der Waals surface area contributed by atoms with Crippen LogP contribution in [0.4, 0.5) is 20.3 Å². The minimum atomic E-state index is -2.69. The van der Waals surface area contributed by atoms with Crippen LogP contribution in [0.5, 0.6) is 0 Å². The number of anilines is 2. The zero-order chi connectivity index (χ0) is 21.6. The fraction of sp³-hybridized carbons (Fsp3) is 0.381. The van der Waals surface area contributed by atoms with Crippen LogP contribution in [-0.2, 0) is 6.42 Å². The third-order valence-electron chi connectivity index (χ3n) is 5.85. The number of rotatable bonds is 2. The number of halogens is 2. The molecule has 160 valence electrons. The van der Waals surface area contributed by atoms with E-state index in [4.69, 9.17) is 0 Å². The molecule has 10 heteroatoms. The maximum Gasteiger partial charge on any atom is 0.290 e. The minimum absolute atomic E-state index is 0.0466. The van der Waals surface area contributed by atoms with E-state index >= 15 is 0 Å². The molecule has 1 amide bonds. The van der Waals surface area contributed by atoms with E-state index in [1.165, 1.54) is 11.1 Å². The van der Waals surface area contributed by atoms with Crippen molar-refractivity contribution in [3.05, 3.63) is 52.2 Å². The Morgan fingerprint density at radius 2 is 1.87 bits per heavy atom. The SMILES string of the molecule is O=C(c1cnc2c(c1)CCCN2c1cnc2c(=O)[nH]ncc2c1)N1CCC(F)(F)CC1. The summed E-state index contributed by atoms with van der Waals surface area (Å²) < 4.78 is 26.8. The van der Waals surface area contributed by atoms with Crippen LogP contribution >= 0.6 is 0 Å². The van der Waals surface area contributed by atoms with Crippen molar-refractivity contribution in [3.63, 3.8) is 0 Å². The number of aromatic amines is 1. The van der Waals surface area contributed by atoms with Crippen molar-refractivity contribution >= 4 is 28.3 Å². The van der Waals surface area contributed by atoms with Crippen LogP contribution in [0.2, 0.25) is 0 Å². The van der Waals surface area contributed by atoms with Crippen LogP contribution in [0.3, 0.4) is 0 Å². The van der Waals surface area contributed by atoms with E-state index < -0.39 is 5.92 Å². The van der Waals surface area contributed by atoms with Gasteiger partial charge in [-0.15, -0.1) is 0 Å². The number of H-pyrrole nitrogens is 1. The normalized spacial score (nSPS) is 18.1. The van der Waals surface area contributed by atoms with Gasteiger partial charge in [-0.2, -0.15) is 5.10 Å². The number of likely N-dealkylation sites (tertiary alicyclic amines) is 1. The fourth-order valence-electron chi connectivity index (χ4n) is 4.17. The third kappa shape index (κ3) is 3.62. The van der Waals surface area contributed by atoms with Gasteiger partial charge in [0.15, 0.2) is 0 Å². The number of piperidine rings is 1. The van der Waals surface area contributed by atoms with Crippen molar-refractivity contribution < 1.29 is 13.6 Å². The number of pyridine rings is 2. The number of fused-ring (bicyclic) bond motifs is 2. The first-order chi connectivity index (χ1) is 14.9. The average molecular weight is 426 g/mol. The summed E-state index contributed by atoms with van der Waals surface area (Å²) in [6, 6.07) is 3.65. The first-order valence-corrected chi connectivity index (χ1v) is 10.2. The monoisotopic (exact) mass is 426 g/mol. The second-order valence-corrected chi connectivity index (χ2v) is 7.94. The topological polar surface area (TPSA) is 95.1 Å². The number of alkyl halides is 2. The lowest BCUT2D eigenvalue weighted by Crippen LogP contribution is -2.42. The van der Waals surface area contributed by atoms with Crippen LogP contribution in [0.15, 0.2) is 35.5 Å². The molecule has 0 atom stereocenters. The molecule has 5 heterocycles. The molecule has 0 aliphatic carbocycles. The molecular weight excluding hydrogens is 406 g/mol. The summed E-state index contributed by atoms with van der Waals surface area (Å²) in [5.74, 6) is -2.23. The molecule has 3 aromatic heterocycles. The zero-order valence-corrected chi connectivity index (χ0v) is 16.6. The highest BCUT2D eigenvalue weighted by atomic mass is 19.3. The second kappa shape index (κ2) is 7.36. The number of nitrogens with one attached hydrogen (secondary N) is 1. The van der Waals surface area contributed by atoms with Crippen molar-refractivity contribution in [1.82, 2.24) is 25.1 Å². The minimum Gasteiger partial charge on any atom is -0.338 e. The Labute approximate surface area is 175 Å². The highest BCUT2D eigenvalue weighted by Gasteiger charge is 2.36. The maximum absolute atomic E-state index is 13.4. The Kier molecular flexibility index (Phi) is 4.64. The average Bonchev–Trinajstić information content (AvgIpc) is 2.78. The van der Waals surface area contributed by atoms with Gasteiger partial charge in [0.1, 0.15) is 11.3 Å². The lowest BCUT2D eigenvalue weighted by atomic mass is 10.0. The lowest BCUT2D eigenvalue weighted by Gasteiger charge is -2.33. The van der Waals surface area contributed by atoms with Gasteiger partial charge in [-0.25, -0.2) is 23.8 Å². The number of amides is 1. The summed E-state index contributed by atoms with van der Waals surface area (Å²) in [7, 11) is 0. The van der Waals surface area contributed by atoms with Gasteiger partial charge in [-0.05, 0) is 30.5 Å². The summed E-state index contributed by atoms with van der Waals surface area (Å²) in [5.41, 5.74) is 2.09. The van der Waals surface area contributed by atoms with Crippen molar-refractivity contribution in [2.24, 2.45) is 0 Å². The number of hydrogen-bond donors (Lipinski definition) is 1. The van der Waals surface area contributed by atoms with Crippen LogP contribution in [0.25, 0.3) is 10.9 Å². The van der Waals surface area contributed by atoms with Gasteiger partial charge < -0.3 is 9.80 Å². The van der Waals surface area contributed by atoms with Crippen LogP contribution < -0.4 is 10.5 Å². The molecular formula is C21H20F2N6O2. The molecule has 3 aromatic rings. The van der Waals surface area contributed by atoms with Gasteiger partial charge >= 0.3 is 0 Å². The van der Waals surface area contributed by atoms with Gasteiger partial charge in [0, 0.05) is 44.1 Å². The number of aromatic nitrogens is 4. The van der Waals surface area contributed by atoms with Crippen LogP contribution in [0, 0.1) is 0 Å². The van der Waals surface area contributed by atoms with Crippen molar-refractivity contribution in [2.75, 3.05) is 24.5 Å². The number of hydrogen-bond acceptors (Lipinski definition) is 6. The van der Waals surface area contributed by atoms with E-state index in [-0.39, 0.29) is 37.4 Å². The molecule has 0 radical (unpaired) electrons. The molecule has 0 saturated carbocycles. The molecule has 1 N–H and O–H groups in total. The predicted molar refractivity (Wildman–Crippen MR) is 110 cm³/mol. The Hall–Kier alpha value is -3.43. The van der Waals surface area contributed by atoms with E-state index in [0.29, 0.717) is 16.5 Å². The quantitative estimate of drug-likeness (QED) is 0.677. The van der Waals surface area contributed by atoms with E-state index in [2.05, 4.69) is 20.2 Å². The molecule has 31 heavy (non-hydrogen) atoms. The van der Waals surface area contributed by atoms with Gasteiger partial charge in [0.05, 0.1) is 23.6 Å². The standard InChI is InChI=1S/C21H20F2N6O2/c22-21(23)3-6-28(7-4-21)20(31)15-8-13-2-1-5-29(18(13)25-10-15)16-9-14-11-26-27-19(30)17(14)24-12-16/h8-12H,1-7H2,(H,27,30). The molecule has 8 nitrogen and oxygen atoms in total. The highest BCUT2D eigenvalue weighted by Crippen LogP contribution is 2.33. The zero-order valence-electron chi connectivity index (χ0n) is 16.6. The Morgan fingerprint density at radius 1 is 1.06 bits per heavy atom. The summed E-state index contributed by atoms with van der Waals surface area (Å²) in [4.78, 5) is 36.9. The van der Waals surface area contributed by atoms with E-state index in [9.17, 15) is 18.4 Å². The maximum atomic E-state index is 13.4. The molecule has 0 aromatic carbocycles. The van der Waals surface area contributed by atoms with E-state index in [1.807, 2.05) is 17.0 Å². The highest BCUT2D eigenvalue weighted by molar-refractivity contribution is 5.94. The van der Waals surface area contributed by atoms with Gasteiger partial charge in [0.2, 0.25) is 0 Å². The van der Waals surface area contributed by atoms with E-state index in [0.717, 1.165) is 36.5 Å². The Balaban J connectivity index is 1.43. The summed E-state index contributed by atoms with van der Waals surface area (Å²) >= 11 is 0. The van der Waals surface area contributed by atoms with Crippen LogP contribution in [0.1, 0.15) is 35.2 Å². The summed E-state index contributed by atoms with van der Waals surface area (Å²) in [6.07, 6.45) is 5.69. The molecule has 1 fully saturated rings. The number of nitrogens with zero attached hydrogens (tertiary/aromatic N) is 5. The molecule has 5 rings (SSSR count). The Morgan fingerprint density at radius 3 is 2.68 bits per heavy atom. The third-order valence-corrected chi connectivity index (χ3v) is 5.85. The molecule has 0 spiro atoms. The summed E-state index contributed by atoms with van der Waals surface area (Å²) in [6.45, 7) is 0.814. The Bertz CT molecular complexity index is 1220. The first-order valence-electron chi connectivity index (χ1n) is 10.2. The lowest BCUT2D eigenvalue weighted by molar-refractivity contribution is -0.0494. The fourth-order valence-corrected chi connectivity index (χ4v) is 4.17. The number of carbonyl (C=O) groups excluding carboxylic acids is 1. The van der Waals surface area contributed by atoms with Gasteiger partial charge in [-0.3, -0.25) is 9.59 Å². The van der Waals surface area contributed by atoms with E-state index in [1.54, 1.807) is 12.4 Å². The number of aryl methyl sites for hydroxylation is 1. The predicted octanol–water partition coefficient (Wildman–Crippen LogP) is 2.67. The second-order valence-electron chi connectivity index (χ2n) is 7.94. The van der Waals surface area contributed by atoms with Crippen LogP contribution in [-0.4, -0.2) is 56.5 Å². The van der Waals surface area contributed by atoms with Crippen molar-refractivity contribution in [1.29, 1.82) is 0 Å².